The molecule has 1 unspecified atom stereocenters. The fourth-order valence-corrected chi connectivity index (χ4v) is 2.53. The summed E-state index contributed by atoms with van der Waals surface area (Å²) in [5, 5.41) is 22.2. The van der Waals surface area contributed by atoms with Crippen LogP contribution in [0.5, 0.6) is 5.75 Å². The Morgan fingerprint density at radius 1 is 1.42 bits per heavy atom. The largest absolute Gasteiger partial charge is 0.497 e. The minimum atomic E-state index is -0.858. The first kappa shape index (κ1) is 13.8. The summed E-state index contributed by atoms with van der Waals surface area (Å²) >= 11 is 0. The van der Waals surface area contributed by atoms with Crippen LogP contribution in [0.3, 0.4) is 0 Å². The van der Waals surface area contributed by atoms with E-state index in [1.165, 1.54) is 0 Å². The van der Waals surface area contributed by atoms with Crippen LogP contribution in [0, 0.1) is 11.8 Å². The van der Waals surface area contributed by atoms with Gasteiger partial charge in [-0.25, -0.2) is 0 Å². The predicted octanol–water partition coefficient (Wildman–Crippen LogP) is 0.519. The quantitative estimate of drug-likeness (QED) is 0.723. The lowest BCUT2D eigenvalue weighted by atomic mass is 9.85. The Balaban J connectivity index is 2.09. The van der Waals surface area contributed by atoms with Gasteiger partial charge in [0.2, 0.25) is 0 Å². The Bertz CT molecular complexity index is 432. The van der Waals surface area contributed by atoms with Crippen molar-refractivity contribution in [3.05, 3.63) is 29.8 Å². The van der Waals surface area contributed by atoms with E-state index < -0.39 is 18.0 Å². The van der Waals surface area contributed by atoms with Crippen LogP contribution in [-0.4, -0.2) is 42.5 Å². The van der Waals surface area contributed by atoms with Gasteiger partial charge >= 0.3 is 5.97 Å². The molecule has 1 saturated heterocycles. The fourth-order valence-electron chi connectivity index (χ4n) is 2.53. The van der Waals surface area contributed by atoms with Crippen molar-refractivity contribution in [2.75, 3.05) is 20.2 Å². The lowest BCUT2D eigenvalue weighted by molar-refractivity contribution is -0.144. The second-order valence-corrected chi connectivity index (χ2v) is 4.89. The molecular weight excluding hydrogens is 246 g/mol. The lowest BCUT2D eigenvalue weighted by Gasteiger charge is -2.21. The number of benzene rings is 1. The van der Waals surface area contributed by atoms with Gasteiger partial charge < -0.3 is 20.3 Å². The Labute approximate surface area is 112 Å². The van der Waals surface area contributed by atoms with Crippen molar-refractivity contribution in [1.82, 2.24) is 5.32 Å². The van der Waals surface area contributed by atoms with E-state index in [4.69, 9.17) is 4.74 Å². The molecule has 1 aromatic rings. The third-order valence-corrected chi connectivity index (χ3v) is 3.68. The molecule has 0 aliphatic carbocycles. The summed E-state index contributed by atoms with van der Waals surface area (Å²) in [5.74, 6) is -0.917. The molecule has 3 atom stereocenters. The van der Waals surface area contributed by atoms with Gasteiger partial charge in [-0.1, -0.05) is 12.1 Å². The SMILES string of the molecule is COc1ccc(CC(C(=O)O)[C@H]2CNC[C@H]2O)cc1. The molecule has 0 amide bonds. The molecule has 5 nitrogen and oxygen atoms in total. The highest BCUT2D eigenvalue weighted by atomic mass is 16.5. The van der Waals surface area contributed by atoms with Crippen molar-refractivity contribution in [3.63, 3.8) is 0 Å². The van der Waals surface area contributed by atoms with Crippen LogP contribution in [0.1, 0.15) is 5.56 Å². The highest BCUT2D eigenvalue weighted by molar-refractivity contribution is 5.71. The Hall–Kier alpha value is -1.59. The number of rotatable bonds is 5. The van der Waals surface area contributed by atoms with Crippen molar-refractivity contribution in [3.8, 4) is 5.75 Å². The number of aliphatic hydroxyl groups is 1. The number of hydrogen-bond donors (Lipinski definition) is 3. The van der Waals surface area contributed by atoms with Crippen LogP contribution in [0.4, 0.5) is 0 Å². The van der Waals surface area contributed by atoms with Crippen molar-refractivity contribution < 1.29 is 19.7 Å². The molecule has 1 aliphatic heterocycles. The average molecular weight is 265 g/mol. The number of ether oxygens (including phenoxy) is 1. The zero-order valence-corrected chi connectivity index (χ0v) is 10.9. The molecule has 0 radical (unpaired) electrons. The summed E-state index contributed by atoms with van der Waals surface area (Å²) in [6, 6.07) is 7.36. The zero-order valence-electron chi connectivity index (χ0n) is 10.9. The second-order valence-electron chi connectivity index (χ2n) is 4.89. The van der Waals surface area contributed by atoms with Crippen LogP contribution in [0.15, 0.2) is 24.3 Å². The van der Waals surface area contributed by atoms with E-state index >= 15 is 0 Å². The van der Waals surface area contributed by atoms with Crippen molar-refractivity contribution in [1.29, 1.82) is 0 Å². The maximum absolute atomic E-state index is 11.4. The molecule has 0 saturated carbocycles. The average Bonchev–Trinajstić information content (AvgIpc) is 2.82. The van der Waals surface area contributed by atoms with E-state index in [9.17, 15) is 15.0 Å². The Kier molecular flexibility index (Phi) is 4.39. The molecule has 1 heterocycles. The molecule has 0 aromatic heterocycles. The zero-order chi connectivity index (χ0) is 13.8. The maximum Gasteiger partial charge on any atom is 0.307 e. The van der Waals surface area contributed by atoms with Gasteiger partial charge in [0.25, 0.3) is 0 Å². The van der Waals surface area contributed by atoms with Crippen molar-refractivity contribution in [2.24, 2.45) is 11.8 Å². The normalized spacial score (nSPS) is 24.1. The minimum Gasteiger partial charge on any atom is -0.497 e. The van der Waals surface area contributed by atoms with Crippen molar-refractivity contribution >= 4 is 5.97 Å². The van der Waals surface area contributed by atoms with Gasteiger partial charge in [-0.3, -0.25) is 4.79 Å². The van der Waals surface area contributed by atoms with Gasteiger partial charge in [0.05, 0.1) is 19.1 Å². The molecule has 3 N–H and O–H groups in total. The van der Waals surface area contributed by atoms with Crippen LogP contribution >= 0.6 is 0 Å². The first-order valence-electron chi connectivity index (χ1n) is 6.36. The minimum absolute atomic E-state index is 0.236. The van der Waals surface area contributed by atoms with E-state index in [2.05, 4.69) is 5.32 Å². The second kappa shape index (κ2) is 6.04. The Morgan fingerprint density at radius 3 is 2.58 bits per heavy atom. The van der Waals surface area contributed by atoms with Crippen LogP contribution in [0.2, 0.25) is 0 Å². The monoisotopic (exact) mass is 265 g/mol. The number of carboxylic acids is 1. The summed E-state index contributed by atoms with van der Waals surface area (Å²) in [6.07, 6.45) is -0.165. The number of β-amino-alcohol motifs (C(OH)–C–C–N with tert-alkyl or cyclic N) is 1. The summed E-state index contributed by atoms with van der Waals surface area (Å²) in [7, 11) is 1.59. The van der Waals surface area contributed by atoms with Gasteiger partial charge in [-0.05, 0) is 24.1 Å². The fraction of sp³-hybridized carbons (Fsp3) is 0.500. The van der Waals surface area contributed by atoms with Crippen molar-refractivity contribution in [2.45, 2.75) is 12.5 Å². The van der Waals surface area contributed by atoms with E-state index in [0.29, 0.717) is 19.5 Å². The molecular formula is C14H19NO4. The number of methoxy groups -OCH3 is 1. The summed E-state index contributed by atoms with van der Waals surface area (Å²) in [6.45, 7) is 1.02. The van der Waals surface area contributed by atoms with Crippen LogP contribution in [-0.2, 0) is 11.2 Å². The van der Waals surface area contributed by atoms with E-state index in [1.807, 2.05) is 24.3 Å². The number of aliphatic carboxylic acids is 1. The number of carboxylic acid groups (broad SMARTS) is 1. The van der Waals surface area contributed by atoms with E-state index in [1.54, 1.807) is 7.11 Å². The topological polar surface area (TPSA) is 78.8 Å². The number of carbonyl (C=O) groups is 1. The highest BCUT2D eigenvalue weighted by Crippen LogP contribution is 2.25. The molecule has 104 valence electrons. The number of nitrogens with one attached hydrogen (secondary N) is 1. The van der Waals surface area contributed by atoms with E-state index in [-0.39, 0.29) is 5.92 Å². The first-order valence-corrected chi connectivity index (χ1v) is 6.36. The molecule has 19 heavy (non-hydrogen) atoms. The van der Waals surface area contributed by atoms with Gasteiger partial charge in [0, 0.05) is 19.0 Å². The van der Waals surface area contributed by atoms with Gasteiger partial charge in [0.1, 0.15) is 5.75 Å². The summed E-state index contributed by atoms with van der Waals surface area (Å²) in [4.78, 5) is 11.4. The van der Waals surface area contributed by atoms with Gasteiger partial charge in [-0.2, -0.15) is 0 Å². The molecule has 1 aliphatic rings. The first-order chi connectivity index (χ1) is 9.11. The smallest absolute Gasteiger partial charge is 0.307 e. The number of hydrogen-bond acceptors (Lipinski definition) is 4. The lowest BCUT2D eigenvalue weighted by Crippen LogP contribution is -2.33. The molecule has 1 aromatic carbocycles. The third kappa shape index (κ3) is 3.24. The Morgan fingerprint density at radius 2 is 2.11 bits per heavy atom. The van der Waals surface area contributed by atoms with Gasteiger partial charge in [0.15, 0.2) is 0 Å². The summed E-state index contributed by atoms with van der Waals surface area (Å²) < 4.78 is 5.07. The maximum atomic E-state index is 11.4. The molecule has 2 rings (SSSR count). The highest BCUT2D eigenvalue weighted by Gasteiger charge is 2.36. The third-order valence-electron chi connectivity index (χ3n) is 3.68. The van der Waals surface area contributed by atoms with E-state index in [0.717, 1.165) is 11.3 Å². The van der Waals surface area contributed by atoms with Crippen LogP contribution in [0.25, 0.3) is 0 Å². The number of aliphatic hydroxyl groups excluding tert-OH is 1. The van der Waals surface area contributed by atoms with Crippen LogP contribution < -0.4 is 10.1 Å². The molecule has 0 spiro atoms. The molecule has 1 fully saturated rings. The predicted molar refractivity (Wildman–Crippen MR) is 70.2 cm³/mol. The molecule has 0 bridgehead atoms. The standard InChI is InChI=1S/C14H19NO4/c1-19-10-4-2-9(3-5-10)6-11(14(17)18)12-7-15-8-13(12)16/h2-5,11-13,15-16H,6-8H2,1H3,(H,17,18)/t11?,12-,13-/m1/s1. The molecule has 5 heteroatoms. The summed E-state index contributed by atoms with van der Waals surface area (Å²) in [5.41, 5.74) is 0.937. The van der Waals surface area contributed by atoms with Gasteiger partial charge in [-0.15, -0.1) is 0 Å².